The van der Waals surface area contributed by atoms with Gasteiger partial charge in [-0.2, -0.15) is 0 Å². The molecule has 1 heterocycles. The predicted octanol–water partition coefficient (Wildman–Crippen LogP) is 3.17. The average Bonchev–Trinajstić information content (AvgIpc) is 3.26. The molecule has 1 aromatic heterocycles. The van der Waals surface area contributed by atoms with Crippen molar-refractivity contribution in [3.63, 3.8) is 0 Å². The number of hydrogen-bond donors (Lipinski definition) is 2. The lowest BCUT2D eigenvalue weighted by molar-refractivity contribution is -0.127. The minimum atomic E-state index is -0.00933. The number of furan rings is 1. The molecular formula is C23H32N4O2. The molecule has 1 aromatic carbocycles. The summed E-state index contributed by atoms with van der Waals surface area (Å²) >= 11 is 0. The Morgan fingerprint density at radius 1 is 1.10 bits per heavy atom. The van der Waals surface area contributed by atoms with E-state index >= 15 is 0 Å². The Bertz CT molecular complexity index is 763. The maximum absolute atomic E-state index is 11.9. The molecule has 0 spiro atoms. The van der Waals surface area contributed by atoms with Crippen LogP contribution >= 0.6 is 0 Å². The minimum absolute atomic E-state index is 0.00933. The van der Waals surface area contributed by atoms with Crippen molar-refractivity contribution in [1.29, 1.82) is 0 Å². The standard InChI is InChI=1S/C23H32N4O2/c1-27(2)22(28)17-25-23(24-15-14-21-9-6-16-29-21)26-20-12-10-19(11-13-20)18-7-4-3-5-8-18/h3-9,16,19-20H,10-15,17H2,1-2H3,(H2,24,25,26). The molecule has 0 aliphatic heterocycles. The van der Waals surface area contributed by atoms with Gasteiger partial charge in [0.2, 0.25) is 5.91 Å². The fraction of sp³-hybridized carbons (Fsp3) is 0.478. The smallest absolute Gasteiger partial charge is 0.243 e. The quantitative estimate of drug-likeness (QED) is 0.557. The number of amides is 1. The van der Waals surface area contributed by atoms with Crippen LogP contribution in [-0.4, -0.2) is 50.0 Å². The monoisotopic (exact) mass is 396 g/mol. The van der Waals surface area contributed by atoms with Crippen LogP contribution < -0.4 is 10.6 Å². The SMILES string of the molecule is CN(C)C(=O)CN=C(NCCc1ccco1)NC1CCC(c2ccccc2)CC1. The fourth-order valence-electron chi connectivity index (χ4n) is 3.69. The minimum Gasteiger partial charge on any atom is -0.469 e. The molecule has 156 valence electrons. The molecule has 0 bridgehead atoms. The summed E-state index contributed by atoms with van der Waals surface area (Å²) in [6.45, 7) is 0.845. The number of rotatable bonds is 7. The number of carbonyl (C=O) groups is 1. The number of nitrogens with one attached hydrogen (secondary N) is 2. The molecule has 29 heavy (non-hydrogen) atoms. The van der Waals surface area contributed by atoms with Crippen molar-refractivity contribution in [1.82, 2.24) is 15.5 Å². The summed E-state index contributed by atoms with van der Waals surface area (Å²) in [7, 11) is 3.50. The zero-order valence-electron chi connectivity index (χ0n) is 17.4. The molecule has 0 unspecified atom stereocenters. The molecule has 1 aliphatic rings. The van der Waals surface area contributed by atoms with E-state index in [2.05, 4.69) is 46.0 Å². The summed E-state index contributed by atoms with van der Waals surface area (Å²) < 4.78 is 5.39. The van der Waals surface area contributed by atoms with Gasteiger partial charge in [0.15, 0.2) is 5.96 Å². The van der Waals surface area contributed by atoms with Crippen LogP contribution in [0.25, 0.3) is 0 Å². The van der Waals surface area contributed by atoms with E-state index in [0.29, 0.717) is 24.5 Å². The van der Waals surface area contributed by atoms with Crippen molar-refractivity contribution in [3.8, 4) is 0 Å². The van der Waals surface area contributed by atoms with Gasteiger partial charge in [0.05, 0.1) is 6.26 Å². The molecule has 1 aliphatic carbocycles. The van der Waals surface area contributed by atoms with Crippen LogP contribution in [0.3, 0.4) is 0 Å². The van der Waals surface area contributed by atoms with Crippen LogP contribution in [0.4, 0.5) is 0 Å². The van der Waals surface area contributed by atoms with Crippen molar-refractivity contribution in [3.05, 3.63) is 60.1 Å². The second-order valence-corrected chi connectivity index (χ2v) is 7.81. The summed E-state index contributed by atoms with van der Waals surface area (Å²) in [4.78, 5) is 18.0. The van der Waals surface area contributed by atoms with E-state index in [1.807, 2.05) is 12.1 Å². The molecule has 0 radical (unpaired) electrons. The maximum Gasteiger partial charge on any atom is 0.243 e. The van der Waals surface area contributed by atoms with Crippen molar-refractivity contribution < 1.29 is 9.21 Å². The van der Waals surface area contributed by atoms with Gasteiger partial charge in [0.25, 0.3) is 0 Å². The first kappa shape index (κ1) is 21.0. The largest absolute Gasteiger partial charge is 0.469 e. The molecule has 3 rings (SSSR count). The van der Waals surface area contributed by atoms with Crippen LogP contribution in [0, 0.1) is 0 Å². The summed E-state index contributed by atoms with van der Waals surface area (Å²) in [5.41, 5.74) is 1.44. The number of likely N-dealkylation sites (N-methyl/N-ethyl adjacent to an activating group) is 1. The topological polar surface area (TPSA) is 69.9 Å². The summed E-state index contributed by atoms with van der Waals surface area (Å²) in [5.74, 6) is 2.27. The first-order valence-corrected chi connectivity index (χ1v) is 10.4. The highest BCUT2D eigenvalue weighted by Gasteiger charge is 2.23. The Kier molecular flexibility index (Phi) is 7.73. The van der Waals surface area contributed by atoms with E-state index in [0.717, 1.165) is 37.9 Å². The van der Waals surface area contributed by atoms with E-state index in [1.54, 1.807) is 25.3 Å². The molecule has 2 aromatic rings. The third-order valence-corrected chi connectivity index (χ3v) is 5.45. The van der Waals surface area contributed by atoms with E-state index in [1.165, 1.54) is 5.56 Å². The van der Waals surface area contributed by atoms with Crippen LogP contribution in [0.15, 0.2) is 58.1 Å². The molecule has 0 atom stereocenters. The van der Waals surface area contributed by atoms with Crippen molar-refractivity contribution in [2.24, 2.45) is 4.99 Å². The first-order valence-electron chi connectivity index (χ1n) is 10.4. The van der Waals surface area contributed by atoms with Crippen LogP contribution in [-0.2, 0) is 11.2 Å². The molecule has 1 fully saturated rings. The summed E-state index contributed by atoms with van der Waals surface area (Å²) in [6, 6.07) is 15.0. The number of benzene rings is 1. The molecular weight excluding hydrogens is 364 g/mol. The first-order chi connectivity index (χ1) is 14.1. The number of carbonyl (C=O) groups excluding carboxylic acids is 1. The molecule has 0 saturated heterocycles. The predicted molar refractivity (Wildman–Crippen MR) is 116 cm³/mol. The summed E-state index contributed by atoms with van der Waals surface area (Å²) in [5, 5.41) is 6.89. The second kappa shape index (κ2) is 10.7. The number of aliphatic imine (C=N–C) groups is 1. The Hall–Kier alpha value is -2.76. The third kappa shape index (κ3) is 6.66. The lowest BCUT2D eigenvalue weighted by Crippen LogP contribution is -2.45. The lowest BCUT2D eigenvalue weighted by atomic mass is 9.82. The highest BCUT2D eigenvalue weighted by Crippen LogP contribution is 2.32. The van der Waals surface area contributed by atoms with Gasteiger partial charge in [-0.1, -0.05) is 30.3 Å². The molecule has 1 saturated carbocycles. The Labute approximate surface area is 173 Å². The van der Waals surface area contributed by atoms with Gasteiger partial charge in [-0.3, -0.25) is 4.79 Å². The average molecular weight is 397 g/mol. The Morgan fingerprint density at radius 2 is 1.86 bits per heavy atom. The molecule has 6 heteroatoms. The van der Waals surface area contributed by atoms with Crippen molar-refractivity contribution in [2.75, 3.05) is 27.2 Å². The third-order valence-electron chi connectivity index (χ3n) is 5.45. The molecule has 1 amide bonds. The molecule has 6 nitrogen and oxygen atoms in total. The molecule has 2 N–H and O–H groups in total. The summed E-state index contributed by atoms with van der Waals surface area (Å²) in [6.07, 6.45) is 6.98. The van der Waals surface area contributed by atoms with Gasteiger partial charge in [-0.05, 0) is 49.3 Å². The lowest BCUT2D eigenvalue weighted by Gasteiger charge is -2.30. The van der Waals surface area contributed by atoms with Crippen LogP contribution in [0.2, 0.25) is 0 Å². The van der Waals surface area contributed by atoms with Crippen LogP contribution in [0.5, 0.6) is 0 Å². The second-order valence-electron chi connectivity index (χ2n) is 7.81. The van der Waals surface area contributed by atoms with Gasteiger partial charge < -0.3 is 20.0 Å². The van der Waals surface area contributed by atoms with E-state index < -0.39 is 0 Å². The van der Waals surface area contributed by atoms with E-state index in [9.17, 15) is 4.79 Å². The zero-order chi connectivity index (χ0) is 20.5. The van der Waals surface area contributed by atoms with Crippen molar-refractivity contribution in [2.45, 2.75) is 44.1 Å². The number of hydrogen-bond acceptors (Lipinski definition) is 3. The number of nitrogens with zero attached hydrogens (tertiary/aromatic N) is 2. The van der Waals surface area contributed by atoms with E-state index in [-0.39, 0.29) is 12.5 Å². The van der Waals surface area contributed by atoms with Gasteiger partial charge in [-0.15, -0.1) is 0 Å². The Balaban J connectivity index is 1.52. The fourth-order valence-corrected chi connectivity index (χ4v) is 3.69. The maximum atomic E-state index is 11.9. The number of guanidine groups is 1. The zero-order valence-corrected chi connectivity index (χ0v) is 17.4. The van der Waals surface area contributed by atoms with Crippen LogP contribution in [0.1, 0.15) is 42.9 Å². The highest BCUT2D eigenvalue weighted by molar-refractivity contribution is 5.84. The van der Waals surface area contributed by atoms with Crippen molar-refractivity contribution >= 4 is 11.9 Å². The van der Waals surface area contributed by atoms with Gasteiger partial charge in [-0.25, -0.2) is 4.99 Å². The Morgan fingerprint density at radius 3 is 2.52 bits per heavy atom. The normalized spacial score (nSPS) is 19.6. The van der Waals surface area contributed by atoms with Gasteiger partial charge in [0.1, 0.15) is 12.3 Å². The van der Waals surface area contributed by atoms with E-state index in [4.69, 9.17) is 4.42 Å². The van der Waals surface area contributed by atoms with Gasteiger partial charge in [0, 0.05) is 33.1 Å². The van der Waals surface area contributed by atoms with Gasteiger partial charge >= 0.3 is 0 Å². The highest BCUT2D eigenvalue weighted by atomic mass is 16.3.